The molecule has 26 heavy (non-hydrogen) atoms. The van der Waals surface area contributed by atoms with E-state index >= 15 is 0 Å². The van der Waals surface area contributed by atoms with Gasteiger partial charge in [0.15, 0.2) is 0 Å². The van der Waals surface area contributed by atoms with Crippen molar-refractivity contribution in [1.82, 2.24) is 9.88 Å². The molecular weight excluding hydrogens is 358 g/mol. The van der Waals surface area contributed by atoms with Gasteiger partial charge in [-0.25, -0.2) is 9.78 Å². The van der Waals surface area contributed by atoms with Crippen molar-refractivity contribution in [2.24, 2.45) is 0 Å². The lowest BCUT2D eigenvalue weighted by atomic mass is 10.1. The number of carbonyl (C=O) groups is 2. The first kappa shape index (κ1) is 18.2. The molecule has 1 aliphatic rings. The van der Waals surface area contributed by atoms with Gasteiger partial charge in [-0.15, -0.1) is 0 Å². The number of β-amino-alcohol motifs (C(OH)–C–C–N with tert-alkyl or cyclic N) is 1. The number of methoxy groups -OCH3 is 1. The number of aryl methyl sites for hydroxylation is 1. The number of aliphatic hydroxyl groups excluding tert-OH is 1. The van der Waals surface area contributed by atoms with Crippen molar-refractivity contribution in [3.8, 4) is 0 Å². The number of anilines is 1. The molecule has 2 aromatic rings. The highest BCUT2D eigenvalue weighted by Gasteiger charge is 2.34. The Balaban J connectivity index is 1.98. The molecule has 7 nitrogen and oxygen atoms in total. The van der Waals surface area contributed by atoms with Crippen molar-refractivity contribution in [2.75, 3.05) is 32.1 Å². The largest absolute Gasteiger partial charge is 0.466 e. The maximum atomic E-state index is 12.6. The molecule has 2 N–H and O–H groups in total. The van der Waals surface area contributed by atoms with Gasteiger partial charge in [-0.3, -0.25) is 4.79 Å². The predicted molar refractivity (Wildman–Crippen MR) is 97.8 cm³/mol. The smallest absolute Gasteiger partial charge is 0.337 e. The standard InChI is InChI=1S/C18H18ClN3O4/c1-10-7-15(19)21-14-8-11(3-4-12(10)14)20-16-13(18(25)26-2)9-22(5-6-23)17(16)24/h3-4,7-8,20,23H,5-6,9H2,1-2H3. The number of aromatic nitrogens is 1. The molecular formula is C18H18ClN3O4. The maximum absolute atomic E-state index is 12.6. The number of hydrogen-bond donors (Lipinski definition) is 2. The lowest BCUT2D eigenvalue weighted by molar-refractivity contribution is -0.136. The number of pyridine rings is 1. The van der Waals surface area contributed by atoms with Crippen LogP contribution in [0.15, 0.2) is 35.5 Å². The van der Waals surface area contributed by atoms with E-state index in [1.165, 1.54) is 12.0 Å². The van der Waals surface area contributed by atoms with Crippen molar-refractivity contribution in [3.63, 3.8) is 0 Å². The third-order valence-corrected chi connectivity index (χ3v) is 4.40. The molecule has 0 radical (unpaired) electrons. The number of fused-ring (bicyclic) bond motifs is 1. The summed E-state index contributed by atoms with van der Waals surface area (Å²) in [6.45, 7) is 1.98. The van der Waals surface area contributed by atoms with Gasteiger partial charge in [-0.1, -0.05) is 17.7 Å². The zero-order valence-corrected chi connectivity index (χ0v) is 15.1. The molecule has 3 rings (SSSR count). The van der Waals surface area contributed by atoms with Gasteiger partial charge in [0.25, 0.3) is 5.91 Å². The molecule has 1 amide bonds. The van der Waals surface area contributed by atoms with Gasteiger partial charge in [0.05, 0.1) is 31.4 Å². The van der Waals surface area contributed by atoms with E-state index in [-0.39, 0.29) is 36.9 Å². The molecule has 2 heterocycles. The first-order valence-electron chi connectivity index (χ1n) is 8.00. The van der Waals surface area contributed by atoms with E-state index < -0.39 is 5.97 Å². The van der Waals surface area contributed by atoms with Crippen LogP contribution in [0.25, 0.3) is 10.9 Å². The number of amides is 1. The second-order valence-corrected chi connectivity index (χ2v) is 6.30. The molecule has 0 spiro atoms. The average Bonchev–Trinajstić information content (AvgIpc) is 2.90. The van der Waals surface area contributed by atoms with E-state index in [1.54, 1.807) is 18.2 Å². The van der Waals surface area contributed by atoms with Gasteiger partial charge >= 0.3 is 5.97 Å². The number of benzene rings is 1. The third-order valence-electron chi connectivity index (χ3n) is 4.21. The number of carbonyl (C=O) groups excluding carboxylic acids is 2. The molecule has 136 valence electrons. The van der Waals surface area contributed by atoms with Crippen LogP contribution in [-0.2, 0) is 14.3 Å². The SMILES string of the molecule is COC(=O)C1=C(Nc2ccc3c(C)cc(Cl)nc3c2)C(=O)N(CCO)C1. The van der Waals surface area contributed by atoms with Crippen molar-refractivity contribution >= 4 is 40.1 Å². The van der Waals surface area contributed by atoms with Crippen LogP contribution in [0, 0.1) is 6.92 Å². The summed E-state index contributed by atoms with van der Waals surface area (Å²) in [5.74, 6) is -0.950. The molecule has 1 aromatic carbocycles. The summed E-state index contributed by atoms with van der Waals surface area (Å²) in [4.78, 5) is 30.3. The second-order valence-electron chi connectivity index (χ2n) is 5.91. The van der Waals surface area contributed by atoms with Gasteiger partial charge in [0.2, 0.25) is 0 Å². The number of hydrogen-bond acceptors (Lipinski definition) is 6. The Labute approximate surface area is 155 Å². The number of ether oxygens (including phenoxy) is 1. The van der Waals surface area contributed by atoms with Crippen LogP contribution in [0.5, 0.6) is 0 Å². The molecule has 1 aliphatic heterocycles. The Morgan fingerprint density at radius 3 is 2.88 bits per heavy atom. The highest BCUT2D eigenvalue weighted by atomic mass is 35.5. The molecule has 8 heteroatoms. The van der Waals surface area contributed by atoms with Crippen LogP contribution in [0.3, 0.4) is 0 Å². The van der Waals surface area contributed by atoms with Gasteiger partial charge < -0.3 is 20.1 Å². The normalized spacial score (nSPS) is 14.3. The molecule has 0 atom stereocenters. The quantitative estimate of drug-likeness (QED) is 0.612. The van der Waals surface area contributed by atoms with Crippen LogP contribution in [0.4, 0.5) is 5.69 Å². The molecule has 0 saturated heterocycles. The van der Waals surface area contributed by atoms with Crippen molar-refractivity contribution < 1.29 is 19.4 Å². The zero-order chi connectivity index (χ0) is 18.8. The number of aliphatic hydroxyl groups is 1. The van der Waals surface area contributed by atoms with Gasteiger partial charge in [-0.2, -0.15) is 0 Å². The van der Waals surface area contributed by atoms with Crippen LogP contribution in [0.2, 0.25) is 5.15 Å². The first-order valence-corrected chi connectivity index (χ1v) is 8.38. The number of rotatable bonds is 5. The highest BCUT2D eigenvalue weighted by molar-refractivity contribution is 6.30. The topological polar surface area (TPSA) is 91.8 Å². The summed E-state index contributed by atoms with van der Waals surface area (Å²) in [6, 6.07) is 7.22. The first-order chi connectivity index (χ1) is 12.4. The fourth-order valence-corrected chi connectivity index (χ4v) is 3.19. The lowest BCUT2D eigenvalue weighted by Gasteiger charge is -2.15. The van der Waals surface area contributed by atoms with Gasteiger partial charge in [-0.05, 0) is 30.7 Å². The summed E-state index contributed by atoms with van der Waals surface area (Å²) >= 11 is 6.02. The minimum atomic E-state index is -0.584. The van der Waals surface area contributed by atoms with Crippen LogP contribution in [-0.4, -0.2) is 53.7 Å². The fraction of sp³-hybridized carbons (Fsp3) is 0.278. The average molecular weight is 376 g/mol. The second kappa shape index (κ2) is 7.31. The van der Waals surface area contributed by atoms with Crippen molar-refractivity contribution in [2.45, 2.75) is 6.92 Å². The Bertz CT molecular complexity index is 926. The minimum absolute atomic E-state index is 0.0885. The number of nitrogens with one attached hydrogen (secondary N) is 1. The zero-order valence-electron chi connectivity index (χ0n) is 14.4. The van der Waals surface area contributed by atoms with Crippen LogP contribution < -0.4 is 5.32 Å². The number of halogens is 1. The van der Waals surface area contributed by atoms with Crippen molar-refractivity contribution in [1.29, 1.82) is 0 Å². The van der Waals surface area contributed by atoms with E-state index in [9.17, 15) is 9.59 Å². The Kier molecular flexibility index (Phi) is 5.11. The Morgan fingerprint density at radius 2 is 2.19 bits per heavy atom. The van der Waals surface area contributed by atoms with E-state index in [4.69, 9.17) is 21.4 Å². The monoisotopic (exact) mass is 375 g/mol. The number of esters is 1. The predicted octanol–water partition coefficient (Wildman–Crippen LogP) is 1.87. The Hall–Kier alpha value is -2.64. The maximum Gasteiger partial charge on any atom is 0.337 e. The van der Waals surface area contributed by atoms with Crippen LogP contribution >= 0.6 is 11.6 Å². The fourth-order valence-electron chi connectivity index (χ4n) is 2.93. The molecule has 1 aromatic heterocycles. The summed E-state index contributed by atoms with van der Waals surface area (Å²) in [5.41, 5.74) is 2.64. The highest BCUT2D eigenvalue weighted by Crippen LogP contribution is 2.27. The summed E-state index contributed by atoms with van der Waals surface area (Å²) in [6.07, 6.45) is 0. The molecule has 0 fully saturated rings. The lowest BCUT2D eigenvalue weighted by Crippen LogP contribution is -2.31. The molecule has 0 aliphatic carbocycles. The van der Waals surface area contributed by atoms with Gasteiger partial charge in [0, 0.05) is 17.6 Å². The van der Waals surface area contributed by atoms with E-state index in [0.717, 1.165) is 10.9 Å². The molecule has 0 unspecified atom stereocenters. The van der Waals surface area contributed by atoms with E-state index in [0.29, 0.717) is 16.4 Å². The third kappa shape index (κ3) is 3.36. The Morgan fingerprint density at radius 1 is 1.42 bits per heavy atom. The van der Waals surface area contributed by atoms with Crippen molar-refractivity contribution in [3.05, 3.63) is 46.3 Å². The number of nitrogens with zero attached hydrogens (tertiary/aromatic N) is 2. The molecule has 0 saturated carbocycles. The summed E-state index contributed by atoms with van der Waals surface area (Å²) < 4.78 is 4.77. The van der Waals surface area contributed by atoms with Gasteiger partial charge in [0.1, 0.15) is 10.9 Å². The summed E-state index contributed by atoms with van der Waals surface area (Å²) in [5, 5.41) is 13.4. The van der Waals surface area contributed by atoms with E-state index in [1.807, 2.05) is 13.0 Å². The van der Waals surface area contributed by atoms with E-state index in [2.05, 4.69) is 10.3 Å². The minimum Gasteiger partial charge on any atom is -0.466 e. The summed E-state index contributed by atoms with van der Waals surface area (Å²) in [7, 11) is 1.26. The van der Waals surface area contributed by atoms with Crippen LogP contribution in [0.1, 0.15) is 5.56 Å². The molecule has 0 bridgehead atoms.